The van der Waals surface area contributed by atoms with Gasteiger partial charge in [-0.3, -0.25) is 9.78 Å². The Labute approximate surface area is 189 Å². The average Bonchev–Trinajstić information content (AvgIpc) is 3.15. The molecule has 0 spiro atoms. The number of fused-ring (bicyclic) bond motifs is 1. The number of rotatable bonds is 8. The van der Waals surface area contributed by atoms with Crippen LogP contribution in [0.4, 0.5) is 5.82 Å². The molecule has 0 saturated heterocycles. The zero-order chi connectivity index (χ0) is 22.7. The molecule has 0 unspecified atom stereocenters. The van der Waals surface area contributed by atoms with Crippen molar-refractivity contribution in [3.8, 4) is 0 Å². The lowest BCUT2D eigenvalue weighted by Gasteiger charge is -2.10. The van der Waals surface area contributed by atoms with Crippen LogP contribution in [0, 0.1) is 0 Å². The molecular weight excluding hydrogens is 446 g/mol. The highest BCUT2D eigenvalue weighted by molar-refractivity contribution is 7.99. The van der Waals surface area contributed by atoms with Crippen LogP contribution >= 0.6 is 11.8 Å². The van der Waals surface area contributed by atoms with E-state index >= 15 is 0 Å². The van der Waals surface area contributed by atoms with E-state index in [1.54, 1.807) is 30.6 Å². The van der Waals surface area contributed by atoms with Crippen molar-refractivity contribution in [2.75, 3.05) is 11.6 Å². The first-order valence-electron chi connectivity index (χ1n) is 9.87. The molecule has 8 nitrogen and oxygen atoms in total. The van der Waals surface area contributed by atoms with Crippen LogP contribution in [-0.2, 0) is 22.8 Å². The van der Waals surface area contributed by atoms with Gasteiger partial charge in [0, 0.05) is 41.3 Å². The van der Waals surface area contributed by atoms with E-state index in [1.165, 1.54) is 18.0 Å². The number of carbonyl (C=O) groups is 1. The SMILES string of the molecule is CCc1[nH]c2nc(Sc3cccnc3)nc(NCc3cccc(S(C)(=O)=O)c3)c2c1C=O. The summed E-state index contributed by atoms with van der Waals surface area (Å²) < 4.78 is 23.8. The number of benzene rings is 1. The summed E-state index contributed by atoms with van der Waals surface area (Å²) in [5.41, 5.74) is 2.65. The Morgan fingerprint density at radius 3 is 2.72 bits per heavy atom. The van der Waals surface area contributed by atoms with Crippen molar-refractivity contribution in [1.29, 1.82) is 0 Å². The van der Waals surface area contributed by atoms with Gasteiger partial charge in [-0.25, -0.2) is 18.4 Å². The monoisotopic (exact) mass is 467 g/mol. The maximum Gasteiger partial charge on any atom is 0.196 e. The van der Waals surface area contributed by atoms with Crippen molar-refractivity contribution in [1.82, 2.24) is 19.9 Å². The molecule has 0 aliphatic rings. The van der Waals surface area contributed by atoms with E-state index in [1.807, 2.05) is 25.1 Å². The van der Waals surface area contributed by atoms with Crippen LogP contribution in [-0.4, -0.2) is 40.9 Å². The molecule has 2 N–H and O–H groups in total. The number of hydrogen-bond donors (Lipinski definition) is 2. The molecule has 0 amide bonds. The number of pyridine rings is 1. The zero-order valence-corrected chi connectivity index (χ0v) is 19.1. The summed E-state index contributed by atoms with van der Waals surface area (Å²) in [6, 6.07) is 10.5. The highest BCUT2D eigenvalue weighted by Gasteiger charge is 2.18. The fourth-order valence-electron chi connectivity index (χ4n) is 3.31. The number of hydrogen-bond acceptors (Lipinski definition) is 8. The summed E-state index contributed by atoms with van der Waals surface area (Å²) >= 11 is 1.36. The molecule has 0 radical (unpaired) electrons. The van der Waals surface area contributed by atoms with Gasteiger partial charge >= 0.3 is 0 Å². The minimum absolute atomic E-state index is 0.251. The summed E-state index contributed by atoms with van der Waals surface area (Å²) in [4.78, 5) is 29.6. The molecule has 0 aliphatic heterocycles. The Morgan fingerprint density at radius 2 is 2.03 bits per heavy atom. The smallest absolute Gasteiger partial charge is 0.196 e. The first kappa shape index (κ1) is 22.0. The van der Waals surface area contributed by atoms with Crippen molar-refractivity contribution < 1.29 is 13.2 Å². The van der Waals surface area contributed by atoms with Crippen molar-refractivity contribution in [3.63, 3.8) is 0 Å². The second kappa shape index (κ2) is 9.09. The number of anilines is 1. The van der Waals surface area contributed by atoms with Gasteiger partial charge in [0.2, 0.25) is 0 Å². The van der Waals surface area contributed by atoms with Gasteiger partial charge in [0.25, 0.3) is 0 Å². The molecule has 0 aliphatic carbocycles. The number of H-pyrrole nitrogens is 1. The lowest BCUT2D eigenvalue weighted by atomic mass is 10.1. The third kappa shape index (κ3) is 4.66. The molecule has 164 valence electrons. The van der Waals surface area contributed by atoms with E-state index in [-0.39, 0.29) is 4.90 Å². The quantitative estimate of drug-likeness (QED) is 0.296. The van der Waals surface area contributed by atoms with Crippen LogP contribution in [0.25, 0.3) is 11.0 Å². The van der Waals surface area contributed by atoms with Gasteiger partial charge in [-0.15, -0.1) is 0 Å². The summed E-state index contributed by atoms with van der Waals surface area (Å²) in [6.07, 6.45) is 6.05. The van der Waals surface area contributed by atoms with Gasteiger partial charge in [0.05, 0.1) is 10.3 Å². The molecule has 0 bridgehead atoms. The third-order valence-corrected chi connectivity index (χ3v) is 6.81. The van der Waals surface area contributed by atoms with Crippen LogP contribution in [0.1, 0.15) is 28.5 Å². The summed E-state index contributed by atoms with van der Waals surface area (Å²) in [7, 11) is -3.31. The van der Waals surface area contributed by atoms with Crippen molar-refractivity contribution in [2.24, 2.45) is 0 Å². The summed E-state index contributed by atoms with van der Waals surface area (Å²) in [6.45, 7) is 2.29. The molecule has 3 aromatic heterocycles. The average molecular weight is 468 g/mol. The van der Waals surface area contributed by atoms with E-state index in [4.69, 9.17) is 0 Å². The predicted octanol–water partition coefficient (Wildman–Crippen LogP) is 3.89. The summed E-state index contributed by atoms with van der Waals surface area (Å²) in [5.74, 6) is 0.504. The molecule has 10 heteroatoms. The Balaban J connectivity index is 1.74. The van der Waals surface area contributed by atoms with E-state index in [9.17, 15) is 13.2 Å². The number of sulfone groups is 1. The zero-order valence-electron chi connectivity index (χ0n) is 17.5. The Hall–Kier alpha value is -3.24. The molecule has 0 atom stereocenters. The number of carbonyl (C=O) groups excluding carboxylic acids is 1. The van der Waals surface area contributed by atoms with E-state index < -0.39 is 9.84 Å². The third-order valence-electron chi connectivity index (χ3n) is 4.85. The fourth-order valence-corrected chi connectivity index (χ4v) is 4.75. The molecular formula is C22H21N5O3S2. The van der Waals surface area contributed by atoms with E-state index in [0.717, 1.165) is 22.4 Å². The first-order chi connectivity index (χ1) is 15.4. The van der Waals surface area contributed by atoms with E-state index in [0.29, 0.717) is 40.5 Å². The van der Waals surface area contributed by atoms with Crippen molar-refractivity contribution >= 4 is 44.7 Å². The molecule has 32 heavy (non-hydrogen) atoms. The second-order valence-electron chi connectivity index (χ2n) is 7.13. The maximum atomic E-state index is 11.9. The van der Waals surface area contributed by atoms with Crippen LogP contribution in [0.5, 0.6) is 0 Å². The number of nitrogens with one attached hydrogen (secondary N) is 2. The van der Waals surface area contributed by atoms with Gasteiger partial charge in [0.1, 0.15) is 11.5 Å². The molecule has 1 aromatic carbocycles. The molecule has 0 saturated carbocycles. The van der Waals surface area contributed by atoms with Crippen LogP contribution in [0.3, 0.4) is 0 Å². The predicted molar refractivity (Wildman–Crippen MR) is 124 cm³/mol. The normalized spacial score (nSPS) is 11.6. The first-order valence-corrected chi connectivity index (χ1v) is 12.6. The Kier molecular flexibility index (Phi) is 6.24. The van der Waals surface area contributed by atoms with Gasteiger partial charge < -0.3 is 10.3 Å². The minimum Gasteiger partial charge on any atom is -0.365 e. The van der Waals surface area contributed by atoms with Crippen molar-refractivity contribution in [3.05, 3.63) is 65.6 Å². The lowest BCUT2D eigenvalue weighted by molar-refractivity contribution is 0.112. The van der Waals surface area contributed by atoms with Gasteiger partial charge in [-0.1, -0.05) is 19.1 Å². The number of aromatic nitrogens is 4. The van der Waals surface area contributed by atoms with Crippen molar-refractivity contribution in [2.45, 2.75) is 34.8 Å². The molecule has 3 heterocycles. The Morgan fingerprint density at radius 1 is 1.19 bits per heavy atom. The van der Waals surface area contributed by atoms with Crippen LogP contribution in [0.2, 0.25) is 0 Å². The molecule has 4 aromatic rings. The number of aryl methyl sites for hydroxylation is 1. The van der Waals surface area contributed by atoms with E-state index in [2.05, 4.69) is 25.3 Å². The fraction of sp³-hybridized carbons (Fsp3) is 0.182. The topological polar surface area (TPSA) is 118 Å². The van der Waals surface area contributed by atoms with Crippen LogP contribution < -0.4 is 5.32 Å². The highest BCUT2D eigenvalue weighted by Crippen LogP contribution is 2.32. The minimum atomic E-state index is -3.31. The van der Waals surface area contributed by atoms with Gasteiger partial charge in [-0.05, 0) is 48.0 Å². The summed E-state index contributed by atoms with van der Waals surface area (Å²) in [5, 5.41) is 4.38. The second-order valence-corrected chi connectivity index (χ2v) is 10.2. The highest BCUT2D eigenvalue weighted by atomic mass is 32.2. The number of nitrogens with zero attached hydrogens (tertiary/aromatic N) is 3. The lowest BCUT2D eigenvalue weighted by Crippen LogP contribution is -2.05. The largest absolute Gasteiger partial charge is 0.365 e. The standard InChI is InChI=1S/C22H21N5O3S2/c1-3-18-17(13-28)19-20(24-11-14-6-4-8-16(10-14)32(2,29)30)26-22(27-21(19)25-18)31-15-7-5-9-23-12-15/h4-10,12-13H,3,11H2,1-2H3,(H2,24,25,26,27). The molecule has 4 rings (SSSR count). The molecule has 0 fully saturated rings. The Bertz CT molecular complexity index is 1390. The number of aromatic amines is 1. The van der Waals surface area contributed by atoms with Crippen LogP contribution in [0.15, 0.2) is 63.7 Å². The maximum absolute atomic E-state index is 11.9. The number of aldehydes is 1. The van der Waals surface area contributed by atoms with Gasteiger partial charge in [-0.2, -0.15) is 0 Å². The van der Waals surface area contributed by atoms with Gasteiger partial charge in [0.15, 0.2) is 21.3 Å².